The van der Waals surface area contributed by atoms with Crippen LogP contribution in [-0.4, -0.2) is 49.9 Å². The molecule has 0 radical (unpaired) electrons. The van der Waals surface area contributed by atoms with E-state index in [0.717, 1.165) is 0 Å². The van der Waals surface area contributed by atoms with Crippen LogP contribution in [0.3, 0.4) is 0 Å². The summed E-state index contributed by atoms with van der Waals surface area (Å²) in [5, 5.41) is 5.25. The summed E-state index contributed by atoms with van der Waals surface area (Å²) in [7, 11) is 1.69. The monoisotopic (exact) mass is 201 g/mol. The van der Waals surface area contributed by atoms with Crippen molar-refractivity contribution in [2.24, 2.45) is 0 Å². The molecular weight excluding hydrogens is 182 g/mol. The van der Waals surface area contributed by atoms with Gasteiger partial charge in [0.2, 0.25) is 11.8 Å². The molecule has 14 heavy (non-hydrogen) atoms. The molecule has 0 aliphatic rings. The molecule has 0 aromatic carbocycles. The maximum absolute atomic E-state index is 11.4. The number of nitrogens with one attached hydrogen (secondary N) is 2. The lowest BCUT2D eigenvalue weighted by atomic mass is 10.4. The molecule has 2 N–H and O–H groups in total. The summed E-state index contributed by atoms with van der Waals surface area (Å²) in [5.41, 5.74) is 0. The quantitative estimate of drug-likeness (QED) is 0.591. The predicted molar refractivity (Wildman–Crippen MR) is 54.9 cm³/mol. The third kappa shape index (κ3) is 4.81. The Labute approximate surface area is 84.8 Å². The van der Waals surface area contributed by atoms with E-state index in [2.05, 4.69) is 10.6 Å². The largest absolute Gasteiger partial charge is 0.346 e. The van der Waals surface area contributed by atoms with E-state index in [0.29, 0.717) is 13.1 Å². The van der Waals surface area contributed by atoms with Gasteiger partial charge < -0.3 is 15.5 Å². The van der Waals surface area contributed by atoms with Crippen LogP contribution < -0.4 is 10.6 Å². The Balaban J connectivity index is 3.77. The van der Waals surface area contributed by atoms with Crippen molar-refractivity contribution in [1.82, 2.24) is 15.5 Å². The summed E-state index contributed by atoms with van der Waals surface area (Å²) in [6, 6.07) is 0. The highest BCUT2D eigenvalue weighted by Crippen LogP contribution is 1.86. The lowest BCUT2D eigenvalue weighted by Crippen LogP contribution is -2.42. The first-order valence-electron chi connectivity index (χ1n) is 4.84. The molecule has 0 saturated carbocycles. The first kappa shape index (κ1) is 12.9. The summed E-state index contributed by atoms with van der Waals surface area (Å²) >= 11 is 0. The number of amides is 2. The number of rotatable bonds is 6. The second kappa shape index (κ2) is 7.32. The zero-order chi connectivity index (χ0) is 11.0. The van der Waals surface area contributed by atoms with Crippen LogP contribution in [0.15, 0.2) is 0 Å². The standard InChI is InChI=1S/C9H19N3O2/c1-4-12(5-2)9(14)7-11-8(13)6-10-3/h10H,4-7H2,1-3H3,(H,11,13). The van der Waals surface area contributed by atoms with Crippen molar-refractivity contribution >= 4 is 11.8 Å². The lowest BCUT2D eigenvalue weighted by molar-refractivity contribution is -0.132. The zero-order valence-corrected chi connectivity index (χ0v) is 9.09. The van der Waals surface area contributed by atoms with Gasteiger partial charge in [0.15, 0.2) is 0 Å². The van der Waals surface area contributed by atoms with Crippen LogP contribution >= 0.6 is 0 Å². The Morgan fingerprint density at radius 3 is 2.14 bits per heavy atom. The van der Waals surface area contributed by atoms with E-state index >= 15 is 0 Å². The lowest BCUT2D eigenvalue weighted by Gasteiger charge is -2.18. The summed E-state index contributed by atoms with van der Waals surface area (Å²) in [6.07, 6.45) is 0. The van der Waals surface area contributed by atoms with Gasteiger partial charge in [-0.2, -0.15) is 0 Å². The fraction of sp³-hybridized carbons (Fsp3) is 0.778. The Morgan fingerprint density at radius 1 is 1.14 bits per heavy atom. The fourth-order valence-electron chi connectivity index (χ4n) is 1.09. The smallest absolute Gasteiger partial charge is 0.241 e. The fourth-order valence-corrected chi connectivity index (χ4v) is 1.09. The number of likely N-dealkylation sites (N-methyl/N-ethyl adjacent to an activating group) is 2. The number of carbonyl (C=O) groups is 2. The van der Waals surface area contributed by atoms with Crippen molar-refractivity contribution in [3.05, 3.63) is 0 Å². The second-order valence-electron chi connectivity index (χ2n) is 2.87. The van der Waals surface area contributed by atoms with Crippen LogP contribution in [0.4, 0.5) is 0 Å². The van der Waals surface area contributed by atoms with Gasteiger partial charge >= 0.3 is 0 Å². The summed E-state index contributed by atoms with van der Waals surface area (Å²) < 4.78 is 0. The molecule has 2 amide bonds. The van der Waals surface area contributed by atoms with Crippen molar-refractivity contribution in [2.75, 3.05) is 33.2 Å². The van der Waals surface area contributed by atoms with Crippen molar-refractivity contribution in [2.45, 2.75) is 13.8 Å². The molecule has 0 unspecified atom stereocenters. The topological polar surface area (TPSA) is 61.4 Å². The summed E-state index contributed by atoms with van der Waals surface area (Å²) in [4.78, 5) is 24.1. The van der Waals surface area contributed by atoms with Crippen LogP contribution in [-0.2, 0) is 9.59 Å². The molecule has 0 aliphatic heterocycles. The first-order valence-corrected chi connectivity index (χ1v) is 4.84. The molecule has 0 rings (SSSR count). The molecule has 82 valence electrons. The van der Waals surface area contributed by atoms with Gasteiger partial charge in [-0.05, 0) is 20.9 Å². The van der Waals surface area contributed by atoms with E-state index in [1.165, 1.54) is 0 Å². The van der Waals surface area contributed by atoms with E-state index in [4.69, 9.17) is 0 Å². The Morgan fingerprint density at radius 2 is 1.71 bits per heavy atom. The molecule has 0 bridgehead atoms. The van der Waals surface area contributed by atoms with Gasteiger partial charge in [0.1, 0.15) is 0 Å². The van der Waals surface area contributed by atoms with E-state index in [1.54, 1.807) is 11.9 Å². The minimum atomic E-state index is -0.159. The van der Waals surface area contributed by atoms with Crippen molar-refractivity contribution in [3.63, 3.8) is 0 Å². The number of hydrogen-bond acceptors (Lipinski definition) is 3. The van der Waals surface area contributed by atoms with E-state index < -0.39 is 0 Å². The van der Waals surface area contributed by atoms with E-state index in [9.17, 15) is 9.59 Å². The van der Waals surface area contributed by atoms with Crippen molar-refractivity contribution in [1.29, 1.82) is 0 Å². The molecule has 0 aromatic rings. The predicted octanol–water partition coefficient (Wildman–Crippen LogP) is -0.810. The van der Waals surface area contributed by atoms with Crippen LogP contribution in [0.5, 0.6) is 0 Å². The molecule has 0 heterocycles. The third-order valence-electron chi connectivity index (χ3n) is 1.89. The molecule has 0 fully saturated rings. The van der Waals surface area contributed by atoms with Crippen LogP contribution in [0.2, 0.25) is 0 Å². The van der Waals surface area contributed by atoms with Gasteiger partial charge in [0.05, 0.1) is 13.1 Å². The minimum absolute atomic E-state index is 0.0422. The SMILES string of the molecule is CCN(CC)C(=O)CNC(=O)CNC. The maximum Gasteiger partial charge on any atom is 0.241 e. The molecule has 0 saturated heterocycles. The van der Waals surface area contributed by atoms with Gasteiger partial charge in [-0.1, -0.05) is 0 Å². The molecular formula is C9H19N3O2. The molecule has 0 aromatic heterocycles. The van der Waals surface area contributed by atoms with Crippen LogP contribution in [0.1, 0.15) is 13.8 Å². The van der Waals surface area contributed by atoms with Crippen LogP contribution in [0.25, 0.3) is 0 Å². The highest BCUT2D eigenvalue weighted by atomic mass is 16.2. The minimum Gasteiger partial charge on any atom is -0.346 e. The number of carbonyl (C=O) groups excluding carboxylic acids is 2. The number of nitrogens with zero attached hydrogens (tertiary/aromatic N) is 1. The van der Waals surface area contributed by atoms with Gasteiger partial charge in [-0.25, -0.2) is 0 Å². The Kier molecular flexibility index (Phi) is 6.74. The summed E-state index contributed by atoms with van der Waals surface area (Å²) in [5.74, 6) is -0.201. The van der Waals surface area contributed by atoms with Gasteiger partial charge in [0.25, 0.3) is 0 Å². The van der Waals surface area contributed by atoms with Crippen LogP contribution in [0, 0.1) is 0 Å². The van der Waals surface area contributed by atoms with Crippen molar-refractivity contribution in [3.8, 4) is 0 Å². The Hall–Kier alpha value is -1.10. The Bertz CT molecular complexity index is 190. The average Bonchev–Trinajstić information content (AvgIpc) is 2.17. The zero-order valence-electron chi connectivity index (χ0n) is 9.09. The molecule has 0 spiro atoms. The summed E-state index contributed by atoms with van der Waals surface area (Å²) in [6.45, 7) is 5.51. The molecule has 0 atom stereocenters. The highest BCUT2D eigenvalue weighted by molar-refractivity contribution is 5.85. The van der Waals surface area contributed by atoms with Gasteiger partial charge in [-0.15, -0.1) is 0 Å². The first-order chi connectivity index (χ1) is 6.65. The molecule has 0 aliphatic carbocycles. The third-order valence-corrected chi connectivity index (χ3v) is 1.89. The van der Waals surface area contributed by atoms with Crippen molar-refractivity contribution < 1.29 is 9.59 Å². The molecule has 5 nitrogen and oxygen atoms in total. The maximum atomic E-state index is 11.4. The molecule has 5 heteroatoms. The normalized spacial score (nSPS) is 9.64. The highest BCUT2D eigenvalue weighted by Gasteiger charge is 2.09. The van der Waals surface area contributed by atoms with E-state index in [-0.39, 0.29) is 24.9 Å². The van der Waals surface area contributed by atoms with Gasteiger partial charge in [0, 0.05) is 13.1 Å². The average molecular weight is 201 g/mol. The number of hydrogen-bond donors (Lipinski definition) is 2. The van der Waals surface area contributed by atoms with E-state index in [1.807, 2.05) is 13.8 Å². The second-order valence-corrected chi connectivity index (χ2v) is 2.87. The van der Waals surface area contributed by atoms with Gasteiger partial charge in [-0.3, -0.25) is 9.59 Å².